The number of aryl methyl sites for hydroxylation is 1. The second-order valence-corrected chi connectivity index (χ2v) is 9.37. The molecule has 1 saturated heterocycles. The van der Waals surface area contributed by atoms with E-state index in [1.54, 1.807) is 30.5 Å². The Kier molecular flexibility index (Phi) is 5.56. The third kappa shape index (κ3) is 3.74. The van der Waals surface area contributed by atoms with E-state index in [0.29, 0.717) is 11.7 Å². The summed E-state index contributed by atoms with van der Waals surface area (Å²) >= 11 is 0. The van der Waals surface area contributed by atoms with Gasteiger partial charge >= 0.3 is 0 Å². The molecule has 0 amide bonds. The molecule has 1 unspecified atom stereocenters. The minimum absolute atomic E-state index is 0.252. The third-order valence-electron chi connectivity index (χ3n) is 5.45. The summed E-state index contributed by atoms with van der Waals surface area (Å²) in [6.07, 6.45) is 6.27. The van der Waals surface area contributed by atoms with Crippen molar-refractivity contribution in [3.05, 3.63) is 48.4 Å². The van der Waals surface area contributed by atoms with Crippen molar-refractivity contribution in [2.45, 2.75) is 44.0 Å². The molecule has 4 rings (SSSR count). The maximum atomic E-state index is 13.2. The van der Waals surface area contributed by atoms with E-state index in [0.717, 1.165) is 55.7 Å². The summed E-state index contributed by atoms with van der Waals surface area (Å²) in [5.41, 5.74) is 1.43. The van der Waals surface area contributed by atoms with Crippen LogP contribution in [0.3, 0.4) is 0 Å². The molecule has 1 atom stereocenters. The smallest absolute Gasteiger partial charge is 0.269 e. The first-order chi connectivity index (χ1) is 14.0. The molecule has 2 aromatic heterocycles. The Morgan fingerprint density at radius 1 is 1.21 bits per heavy atom. The molecule has 1 aliphatic rings. The van der Waals surface area contributed by atoms with Crippen LogP contribution in [0.1, 0.15) is 31.7 Å². The van der Waals surface area contributed by atoms with Gasteiger partial charge in [-0.1, -0.05) is 24.6 Å². The van der Waals surface area contributed by atoms with Crippen LogP contribution in [0.2, 0.25) is 0 Å². The zero-order valence-corrected chi connectivity index (χ0v) is 17.7. The van der Waals surface area contributed by atoms with Crippen molar-refractivity contribution in [3.8, 4) is 0 Å². The van der Waals surface area contributed by atoms with Crippen molar-refractivity contribution in [3.63, 3.8) is 0 Å². The first-order valence-electron chi connectivity index (χ1n) is 10.1. The molecule has 0 aliphatic carbocycles. The van der Waals surface area contributed by atoms with Crippen LogP contribution in [-0.4, -0.2) is 48.0 Å². The number of hydrogen-bond acceptors (Lipinski definition) is 6. The van der Waals surface area contributed by atoms with Gasteiger partial charge < -0.3 is 10.2 Å². The van der Waals surface area contributed by atoms with Gasteiger partial charge in [-0.05, 0) is 50.9 Å². The normalized spacial score (nSPS) is 17.5. The first-order valence-corrected chi connectivity index (χ1v) is 11.6. The number of nitrogens with one attached hydrogen (secondary N) is 1. The van der Waals surface area contributed by atoms with Gasteiger partial charge in [-0.25, -0.2) is 22.4 Å². The molecule has 3 aromatic rings. The van der Waals surface area contributed by atoms with Gasteiger partial charge in [-0.3, -0.25) is 0 Å². The van der Waals surface area contributed by atoms with Crippen LogP contribution in [-0.2, 0) is 10.0 Å². The lowest BCUT2D eigenvalue weighted by Crippen LogP contribution is -2.47. The van der Waals surface area contributed by atoms with Crippen LogP contribution < -0.4 is 10.2 Å². The molecular formula is C21H27N5O2S. The molecule has 0 bridgehead atoms. The lowest BCUT2D eigenvalue weighted by atomic mass is 10.1. The maximum Gasteiger partial charge on any atom is 0.269 e. The van der Waals surface area contributed by atoms with E-state index in [1.807, 2.05) is 13.0 Å². The van der Waals surface area contributed by atoms with Crippen LogP contribution in [0.5, 0.6) is 0 Å². The van der Waals surface area contributed by atoms with Crippen molar-refractivity contribution in [1.29, 1.82) is 0 Å². The summed E-state index contributed by atoms with van der Waals surface area (Å²) in [6.45, 7) is 6.90. The van der Waals surface area contributed by atoms with E-state index in [-0.39, 0.29) is 4.90 Å². The van der Waals surface area contributed by atoms with Crippen LogP contribution in [0.15, 0.2) is 47.8 Å². The van der Waals surface area contributed by atoms with Gasteiger partial charge in [-0.2, -0.15) is 0 Å². The number of nitrogens with zero attached hydrogens (tertiary/aromatic N) is 4. The fourth-order valence-corrected chi connectivity index (χ4v) is 5.26. The van der Waals surface area contributed by atoms with Gasteiger partial charge in [0.25, 0.3) is 10.0 Å². The Bertz CT molecular complexity index is 1090. The number of fused-ring (bicyclic) bond motifs is 1. The minimum atomic E-state index is -3.72. The molecule has 3 heterocycles. The van der Waals surface area contributed by atoms with Gasteiger partial charge in [0.1, 0.15) is 12.1 Å². The highest BCUT2D eigenvalue weighted by atomic mass is 32.2. The number of rotatable bonds is 6. The van der Waals surface area contributed by atoms with Crippen molar-refractivity contribution in [2.24, 2.45) is 0 Å². The molecule has 1 aromatic carbocycles. The van der Waals surface area contributed by atoms with Gasteiger partial charge in [-0.15, -0.1) is 0 Å². The maximum absolute atomic E-state index is 13.2. The van der Waals surface area contributed by atoms with E-state index >= 15 is 0 Å². The first kappa shape index (κ1) is 19.8. The molecule has 1 fully saturated rings. The zero-order chi connectivity index (χ0) is 20.4. The molecule has 154 valence electrons. The van der Waals surface area contributed by atoms with E-state index in [9.17, 15) is 8.42 Å². The van der Waals surface area contributed by atoms with Crippen molar-refractivity contribution < 1.29 is 8.42 Å². The molecule has 0 saturated carbocycles. The van der Waals surface area contributed by atoms with Gasteiger partial charge in [0, 0.05) is 25.3 Å². The average Bonchev–Trinajstić information content (AvgIpc) is 3.18. The lowest BCUT2D eigenvalue weighted by Gasteiger charge is -2.35. The zero-order valence-electron chi connectivity index (χ0n) is 16.9. The predicted octanol–water partition coefficient (Wildman–Crippen LogP) is 2.95. The minimum Gasteiger partial charge on any atom is -0.352 e. The molecule has 7 nitrogen and oxygen atoms in total. The lowest BCUT2D eigenvalue weighted by molar-refractivity contribution is 0.429. The molecule has 8 heteroatoms. The standard InChI is InChI=1S/C21H27N5O2S/c1-3-12-25(17-5-4-11-22-14-17)20-19-10-13-26(21(19)24-15-23-20)29(27,28)18-8-6-16(2)7-9-18/h6-10,13,15,17,22H,3-5,11-12,14H2,1-2H3. The van der Waals surface area contributed by atoms with E-state index in [1.165, 1.54) is 10.3 Å². The highest BCUT2D eigenvalue weighted by Gasteiger charge is 2.26. The molecule has 1 aliphatic heterocycles. The summed E-state index contributed by atoms with van der Waals surface area (Å²) < 4.78 is 27.7. The second kappa shape index (κ2) is 8.12. The fourth-order valence-electron chi connectivity index (χ4n) is 3.96. The van der Waals surface area contributed by atoms with E-state index < -0.39 is 10.0 Å². The van der Waals surface area contributed by atoms with Gasteiger partial charge in [0.2, 0.25) is 0 Å². The number of aromatic nitrogens is 3. The topological polar surface area (TPSA) is 80.1 Å². The van der Waals surface area contributed by atoms with Crippen molar-refractivity contribution in [2.75, 3.05) is 24.5 Å². The molecule has 0 spiro atoms. The third-order valence-corrected chi connectivity index (χ3v) is 7.13. The number of hydrogen-bond donors (Lipinski definition) is 1. The quantitative estimate of drug-likeness (QED) is 0.669. The van der Waals surface area contributed by atoms with Gasteiger partial charge in [0.15, 0.2) is 5.65 Å². The van der Waals surface area contributed by atoms with Crippen LogP contribution in [0.4, 0.5) is 5.82 Å². The van der Waals surface area contributed by atoms with Crippen molar-refractivity contribution in [1.82, 2.24) is 19.3 Å². The molecular weight excluding hydrogens is 386 g/mol. The van der Waals surface area contributed by atoms with Crippen LogP contribution in [0.25, 0.3) is 11.0 Å². The number of anilines is 1. The second-order valence-electron chi connectivity index (χ2n) is 7.56. The van der Waals surface area contributed by atoms with Crippen LogP contribution >= 0.6 is 0 Å². The monoisotopic (exact) mass is 413 g/mol. The molecule has 0 radical (unpaired) electrons. The van der Waals surface area contributed by atoms with E-state index in [4.69, 9.17) is 0 Å². The Labute approximate surface area is 171 Å². The largest absolute Gasteiger partial charge is 0.352 e. The summed E-state index contributed by atoms with van der Waals surface area (Å²) in [4.78, 5) is 11.4. The fraction of sp³-hybridized carbons (Fsp3) is 0.429. The van der Waals surface area contributed by atoms with Gasteiger partial charge in [0.05, 0.1) is 10.3 Å². The average molecular weight is 414 g/mol. The highest BCUT2D eigenvalue weighted by molar-refractivity contribution is 7.90. The molecule has 29 heavy (non-hydrogen) atoms. The summed E-state index contributed by atoms with van der Waals surface area (Å²) in [5, 5.41) is 4.23. The van der Waals surface area contributed by atoms with Crippen LogP contribution in [0, 0.1) is 6.92 Å². The highest BCUT2D eigenvalue weighted by Crippen LogP contribution is 2.29. The van der Waals surface area contributed by atoms with E-state index in [2.05, 4.69) is 27.1 Å². The Morgan fingerprint density at radius 3 is 2.69 bits per heavy atom. The SMILES string of the molecule is CCCN(c1ncnc2c1ccn2S(=O)(=O)c1ccc(C)cc1)C1CCCNC1. The predicted molar refractivity (Wildman–Crippen MR) is 115 cm³/mol. The Hall–Kier alpha value is -2.45. The Balaban J connectivity index is 1.79. The molecule has 1 N–H and O–H groups in total. The Morgan fingerprint density at radius 2 is 2.00 bits per heavy atom. The summed E-state index contributed by atoms with van der Waals surface area (Å²) in [6, 6.07) is 9.04. The van der Waals surface area contributed by atoms with Crippen molar-refractivity contribution >= 4 is 26.9 Å². The summed E-state index contributed by atoms with van der Waals surface area (Å²) in [5.74, 6) is 0.809. The number of piperidine rings is 1. The number of benzene rings is 1. The summed E-state index contributed by atoms with van der Waals surface area (Å²) in [7, 11) is -3.72.